The van der Waals surface area contributed by atoms with Gasteiger partial charge in [-0.15, -0.1) is 0 Å². The number of hydrogen-bond acceptors (Lipinski definition) is 2. The number of aromatic nitrogens is 3. The molecule has 7 aromatic rings. The van der Waals surface area contributed by atoms with Gasteiger partial charge >= 0.3 is 0 Å². The molecule has 0 saturated heterocycles. The average molecular weight is 474 g/mol. The van der Waals surface area contributed by atoms with Gasteiger partial charge in [-0.25, -0.2) is 9.97 Å². The van der Waals surface area contributed by atoms with Crippen molar-refractivity contribution in [2.24, 2.45) is 0 Å². The fourth-order valence-corrected chi connectivity index (χ4v) is 5.05. The highest BCUT2D eigenvalue weighted by atomic mass is 15.1. The van der Waals surface area contributed by atoms with E-state index in [0.717, 1.165) is 33.7 Å². The summed E-state index contributed by atoms with van der Waals surface area (Å²) in [7, 11) is 0. The molecule has 37 heavy (non-hydrogen) atoms. The van der Waals surface area contributed by atoms with Crippen molar-refractivity contribution in [2.45, 2.75) is 0 Å². The second-order valence-corrected chi connectivity index (χ2v) is 9.12. The molecule has 3 heteroatoms. The molecule has 0 fully saturated rings. The van der Waals surface area contributed by atoms with Crippen LogP contribution in [-0.2, 0) is 0 Å². The maximum atomic E-state index is 5.10. The zero-order chi connectivity index (χ0) is 24.6. The lowest BCUT2D eigenvalue weighted by Gasteiger charge is -2.12. The third-order valence-corrected chi connectivity index (χ3v) is 6.82. The zero-order valence-corrected chi connectivity index (χ0v) is 20.1. The third-order valence-electron chi connectivity index (χ3n) is 6.82. The molecular formula is C34H23N3. The van der Waals surface area contributed by atoms with Crippen LogP contribution in [0.5, 0.6) is 0 Å². The van der Waals surface area contributed by atoms with E-state index in [2.05, 4.69) is 108 Å². The van der Waals surface area contributed by atoms with Crippen molar-refractivity contribution in [3.8, 4) is 39.6 Å². The summed E-state index contributed by atoms with van der Waals surface area (Å²) in [5.74, 6) is 1.56. The van der Waals surface area contributed by atoms with Crippen LogP contribution in [0, 0.1) is 0 Å². The standard InChI is InChI=1S/C34H23N3/c1-4-12-24(13-5-1)27-20-21-32-29(22-27)28-18-10-11-19-31(28)37(32)33-23-30(25-14-6-2-7-15-25)35-34(36-33)26-16-8-3-9-17-26/h1-23H. The Morgan fingerprint density at radius 1 is 0.405 bits per heavy atom. The van der Waals surface area contributed by atoms with Crippen molar-refractivity contribution in [1.29, 1.82) is 0 Å². The van der Waals surface area contributed by atoms with Gasteiger partial charge in [0.25, 0.3) is 0 Å². The summed E-state index contributed by atoms with van der Waals surface area (Å²) in [4.78, 5) is 10.1. The summed E-state index contributed by atoms with van der Waals surface area (Å²) in [6.45, 7) is 0. The topological polar surface area (TPSA) is 30.7 Å². The quantitative estimate of drug-likeness (QED) is 0.256. The number of hydrogen-bond donors (Lipinski definition) is 0. The van der Waals surface area contributed by atoms with Crippen LogP contribution < -0.4 is 0 Å². The number of rotatable bonds is 4. The Hall–Kier alpha value is -5.02. The summed E-state index contributed by atoms with van der Waals surface area (Å²) >= 11 is 0. The second-order valence-electron chi connectivity index (χ2n) is 9.12. The number of fused-ring (bicyclic) bond motifs is 3. The summed E-state index contributed by atoms with van der Waals surface area (Å²) in [6, 6.07) is 48.4. The van der Waals surface area contributed by atoms with Gasteiger partial charge in [-0.3, -0.25) is 4.57 Å². The molecule has 2 aromatic heterocycles. The van der Waals surface area contributed by atoms with Gasteiger partial charge < -0.3 is 0 Å². The maximum absolute atomic E-state index is 5.10. The molecule has 0 spiro atoms. The molecule has 0 aliphatic carbocycles. The Morgan fingerprint density at radius 2 is 1.00 bits per heavy atom. The Kier molecular flexibility index (Phi) is 5.11. The first-order valence-corrected chi connectivity index (χ1v) is 12.4. The van der Waals surface area contributed by atoms with E-state index < -0.39 is 0 Å². The highest BCUT2D eigenvalue weighted by Crippen LogP contribution is 2.35. The molecule has 0 atom stereocenters. The molecule has 0 aliphatic heterocycles. The first-order chi connectivity index (χ1) is 18.3. The summed E-state index contributed by atoms with van der Waals surface area (Å²) < 4.78 is 2.26. The van der Waals surface area contributed by atoms with Gasteiger partial charge in [0.05, 0.1) is 16.7 Å². The molecule has 0 saturated carbocycles. The van der Waals surface area contributed by atoms with E-state index in [1.807, 2.05) is 36.4 Å². The average Bonchev–Trinajstić information content (AvgIpc) is 3.32. The lowest BCUT2D eigenvalue weighted by molar-refractivity contribution is 1.05. The summed E-state index contributed by atoms with van der Waals surface area (Å²) in [5, 5.41) is 2.41. The van der Waals surface area contributed by atoms with Gasteiger partial charge in [-0.1, -0.05) is 115 Å². The molecule has 0 radical (unpaired) electrons. The molecule has 0 bridgehead atoms. The predicted octanol–water partition coefficient (Wildman–Crippen LogP) is 8.57. The monoisotopic (exact) mass is 473 g/mol. The van der Waals surface area contributed by atoms with Gasteiger partial charge in [-0.05, 0) is 29.3 Å². The number of para-hydroxylation sites is 1. The van der Waals surface area contributed by atoms with E-state index in [0.29, 0.717) is 5.82 Å². The minimum absolute atomic E-state index is 0.712. The molecule has 7 rings (SSSR count). The maximum Gasteiger partial charge on any atom is 0.162 e. The van der Waals surface area contributed by atoms with Gasteiger partial charge in [0.2, 0.25) is 0 Å². The van der Waals surface area contributed by atoms with Crippen LogP contribution >= 0.6 is 0 Å². The van der Waals surface area contributed by atoms with Gasteiger partial charge in [-0.2, -0.15) is 0 Å². The van der Waals surface area contributed by atoms with E-state index in [9.17, 15) is 0 Å². The van der Waals surface area contributed by atoms with E-state index in [1.165, 1.54) is 21.9 Å². The van der Waals surface area contributed by atoms with Crippen molar-refractivity contribution in [3.05, 3.63) is 140 Å². The van der Waals surface area contributed by atoms with Gasteiger partial charge in [0.1, 0.15) is 5.82 Å². The van der Waals surface area contributed by atoms with Crippen LogP contribution in [0.4, 0.5) is 0 Å². The van der Waals surface area contributed by atoms with Crippen molar-refractivity contribution < 1.29 is 0 Å². The molecule has 0 unspecified atom stereocenters. The summed E-state index contributed by atoms with van der Waals surface area (Å²) in [5.41, 5.74) is 7.62. The molecule has 2 heterocycles. The number of benzene rings is 5. The van der Waals surface area contributed by atoms with Gasteiger partial charge in [0, 0.05) is 28.0 Å². The number of nitrogens with zero attached hydrogens (tertiary/aromatic N) is 3. The van der Waals surface area contributed by atoms with Crippen LogP contribution in [0.15, 0.2) is 140 Å². The van der Waals surface area contributed by atoms with Crippen LogP contribution in [0.25, 0.3) is 61.4 Å². The summed E-state index contributed by atoms with van der Waals surface area (Å²) in [6.07, 6.45) is 0. The van der Waals surface area contributed by atoms with Crippen molar-refractivity contribution >= 4 is 21.8 Å². The second kappa shape index (κ2) is 8.89. The first kappa shape index (κ1) is 21.3. The van der Waals surface area contributed by atoms with Crippen LogP contribution in [0.2, 0.25) is 0 Å². The van der Waals surface area contributed by atoms with Crippen LogP contribution in [0.1, 0.15) is 0 Å². The van der Waals surface area contributed by atoms with E-state index in [1.54, 1.807) is 0 Å². The van der Waals surface area contributed by atoms with Crippen molar-refractivity contribution in [3.63, 3.8) is 0 Å². The predicted molar refractivity (Wildman–Crippen MR) is 153 cm³/mol. The highest BCUT2D eigenvalue weighted by molar-refractivity contribution is 6.10. The van der Waals surface area contributed by atoms with Crippen LogP contribution in [0.3, 0.4) is 0 Å². The Morgan fingerprint density at radius 3 is 1.73 bits per heavy atom. The molecule has 0 amide bonds. The molecule has 0 aliphatic rings. The molecule has 3 nitrogen and oxygen atoms in total. The normalized spacial score (nSPS) is 11.2. The van der Waals surface area contributed by atoms with E-state index in [4.69, 9.17) is 9.97 Å². The third kappa shape index (κ3) is 3.78. The lowest BCUT2D eigenvalue weighted by atomic mass is 10.0. The molecular weight excluding hydrogens is 450 g/mol. The minimum atomic E-state index is 0.712. The molecule has 5 aromatic carbocycles. The Bertz CT molecular complexity index is 1800. The zero-order valence-electron chi connectivity index (χ0n) is 20.1. The van der Waals surface area contributed by atoms with E-state index in [-0.39, 0.29) is 0 Å². The molecule has 174 valence electrons. The fourth-order valence-electron chi connectivity index (χ4n) is 5.05. The smallest absolute Gasteiger partial charge is 0.162 e. The lowest BCUT2D eigenvalue weighted by Crippen LogP contribution is -2.02. The minimum Gasteiger partial charge on any atom is -0.294 e. The van der Waals surface area contributed by atoms with Gasteiger partial charge in [0.15, 0.2) is 5.82 Å². The Labute approximate surface area is 215 Å². The Balaban J connectivity index is 1.51. The fraction of sp³-hybridized carbons (Fsp3) is 0. The van der Waals surface area contributed by atoms with Crippen LogP contribution in [-0.4, -0.2) is 14.5 Å². The van der Waals surface area contributed by atoms with Crippen molar-refractivity contribution in [2.75, 3.05) is 0 Å². The van der Waals surface area contributed by atoms with Crippen molar-refractivity contribution in [1.82, 2.24) is 14.5 Å². The molecule has 0 N–H and O–H groups in total. The highest BCUT2D eigenvalue weighted by Gasteiger charge is 2.16. The van der Waals surface area contributed by atoms with E-state index >= 15 is 0 Å². The largest absolute Gasteiger partial charge is 0.294 e. The SMILES string of the molecule is c1ccc(-c2ccc3c(c2)c2ccccc2n3-c2cc(-c3ccccc3)nc(-c3ccccc3)n2)cc1. The first-order valence-electron chi connectivity index (χ1n) is 12.4.